The molecule has 0 heterocycles. The monoisotopic (exact) mass is 252 g/mol. The van der Waals surface area contributed by atoms with Gasteiger partial charge in [0.2, 0.25) is 0 Å². The quantitative estimate of drug-likeness (QED) is 0.727. The summed E-state index contributed by atoms with van der Waals surface area (Å²) in [5.74, 6) is 0.951. The number of hydrogen-bond donors (Lipinski definition) is 2. The first-order valence-corrected chi connectivity index (χ1v) is 7.93. The Morgan fingerprint density at radius 2 is 1.72 bits per heavy atom. The molecule has 0 bridgehead atoms. The highest BCUT2D eigenvalue weighted by molar-refractivity contribution is 4.92. The van der Waals surface area contributed by atoms with E-state index in [9.17, 15) is 0 Å². The van der Waals surface area contributed by atoms with Gasteiger partial charge in [0.15, 0.2) is 0 Å². The Bertz CT molecular complexity index is 250. The van der Waals surface area contributed by atoms with Gasteiger partial charge in [-0.2, -0.15) is 0 Å². The van der Waals surface area contributed by atoms with Gasteiger partial charge in [0.05, 0.1) is 0 Å². The van der Waals surface area contributed by atoms with Gasteiger partial charge in [-0.15, -0.1) is 0 Å². The molecule has 0 aliphatic heterocycles. The third-order valence-corrected chi connectivity index (χ3v) is 5.51. The molecule has 2 heteroatoms. The molecular formula is C16H32N2. The fraction of sp³-hybridized carbons (Fsp3) is 1.00. The molecular weight excluding hydrogens is 220 g/mol. The number of rotatable bonds is 7. The van der Waals surface area contributed by atoms with Crippen molar-refractivity contribution in [2.24, 2.45) is 16.7 Å². The maximum atomic E-state index is 3.79. The van der Waals surface area contributed by atoms with Crippen LogP contribution in [0.5, 0.6) is 0 Å². The smallest absolute Gasteiger partial charge is 0.00202 e. The summed E-state index contributed by atoms with van der Waals surface area (Å²) in [5, 5.41) is 7.16. The average molecular weight is 252 g/mol. The van der Waals surface area contributed by atoms with E-state index < -0.39 is 0 Å². The van der Waals surface area contributed by atoms with Crippen molar-refractivity contribution in [1.29, 1.82) is 0 Å². The van der Waals surface area contributed by atoms with E-state index in [0.717, 1.165) is 5.92 Å². The predicted molar refractivity (Wildman–Crippen MR) is 78.8 cm³/mol. The normalized spacial score (nSPS) is 24.2. The van der Waals surface area contributed by atoms with Crippen molar-refractivity contribution in [1.82, 2.24) is 10.6 Å². The summed E-state index contributed by atoms with van der Waals surface area (Å²) in [6.45, 7) is 8.51. The molecule has 2 nitrogen and oxygen atoms in total. The summed E-state index contributed by atoms with van der Waals surface area (Å²) in [4.78, 5) is 0. The van der Waals surface area contributed by atoms with E-state index in [1.165, 1.54) is 64.6 Å². The van der Waals surface area contributed by atoms with Crippen molar-refractivity contribution in [2.45, 2.75) is 58.8 Å². The zero-order valence-electron chi connectivity index (χ0n) is 12.6. The highest BCUT2D eigenvalue weighted by Gasteiger charge is 2.37. The van der Waals surface area contributed by atoms with Crippen molar-refractivity contribution >= 4 is 0 Å². The molecule has 2 fully saturated rings. The average Bonchev–Trinajstić information content (AvgIpc) is 2.79. The topological polar surface area (TPSA) is 24.1 Å². The van der Waals surface area contributed by atoms with Gasteiger partial charge in [-0.25, -0.2) is 0 Å². The molecule has 0 unspecified atom stereocenters. The lowest BCUT2D eigenvalue weighted by Gasteiger charge is -2.43. The van der Waals surface area contributed by atoms with Crippen LogP contribution in [0.2, 0.25) is 0 Å². The Hall–Kier alpha value is -0.0800. The van der Waals surface area contributed by atoms with E-state index in [-0.39, 0.29) is 0 Å². The van der Waals surface area contributed by atoms with Gasteiger partial charge in [0, 0.05) is 19.6 Å². The molecule has 106 valence electrons. The molecule has 0 atom stereocenters. The summed E-state index contributed by atoms with van der Waals surface area (Å²) in [6.07, 6.45) is 10.1. The van der Waals surface area contributed by atoms with Gasteiger partial charge >= 0.3 is 0 Å². The summed E-state index contributed by atoms with van der Waals surface area (Å²) in [6, 6.07) is 0. The molecule has 2 N–H and O–H groups in total. The van der Waals surface area contributed by atoms with E-state index in [0.29, 0.717) is 10.8 Å². The minimum Gasteiger partial charge on any atom is -0.319 e. The third-order valence-electron chi connectivity index (χ3n) is 5.51. The SMILES string of the molecule is CNCC1(CNCC(C)(C)C2CCCC2)CCC1. The van der Waals surface area contributed by atoms with E-state index in [4.69, 9.17) is 0 Å². The van der Waals surface area contributed by atoms with Gasteiger partial charge in [-0.1, -0.05) is 33.1 Å². The van der Waals surface area contributed by atoms with Crippen LogP contribution in [0.1, 0.15) is 58.8 Å². The van der Waals surface area contributed by atoms with Crippen LogP contribution >= 0.6 is 0 Å². The van der Waals surface area contributed by atoms with Crippen LogP contribution in [-0.2, 0) is 0 Å². The molecule has 0 aromatic heterocycles. The Balaban J connectivity index is 1.73. The van der Waals surface area contributed by atoms with E-state index >= 15 is 0 Å². The van der Waals surface area contributed by atoms with Crippen LogP contribution in [0.4, 0.5) is 0 Å². The highest BCUT2D eigenvalue weighted by atomic mass is 14.9. The van der Waals surface area contributed by atoms with E-state index in [1.54, 1.807) is 0 Å². The lowest BCUT2D eigenvalue weighted by Crippen LogP contribution is -2.48. The maximum absolute atomic E-state index is 3.79. The van der Waals surface area contributed by atoms with E-state index in [1.807, 2.05) is 0 Å². The summed E-state index contributed by atoms with van der Waals surface area (Å²) < 4.78 is 0. The van der Waals surface area contributed by atoms with Crippen LogP contribution in [0.15, 0.2) is 0 Å². The molecule has 18 heavy (non-hydrogen) atoms. The molecule has 0 amide bonds. The number of hydrogen-bond acceptors (Lipinski definition) is 2. The molecule has 0 saturated heterocycles. The molecule has 2 aliphatic carbocycles. The lowest BCUT2D eigenvalue weighted by atomic mass is 9.68. The zero-order valence-corrected chi connectivity index (χ0v) is 12.6. The molecule has 0 spiro atoms. The van der Waals surface area contributed by atoms with Gasteiger partial charge in [0.1, 0.15) is 0 Å². The molecule has 0 aromatic rings. The Kier molecular flexibility index (Phi) is 4.71. The first-order valence-electron chi connectivity index (χ1n) is 7.93. The van der Waals surface area contributed by atoms with Crippen LogP contribution in [0.3, 0.4) is 0 Å². The molecule has 0 aromatic carbocycles. The second kappa shape index (κ2) is 5.92. The minimum absolute atomic E-state index is 0.487. The van der Waals surface area contributed by atoms with Gasteiger partial charge in [-0.05, 0) is 49.5 Å². The standard InChI is InChI=1S/C16H32N2/c1-15(2,14-7-4-5-8-14)11-18-13-16(12-17-3)9-6-10-16/h14,17-18H,4-13H2,1-3H3. The van der Waals surface area contributed by atoms with Crippen molar-refractivity contribution in [3.8, 4) is 0 Å². The molecule has 2 saturated carbocycles. The second-order valence-corrected chi connectivity index (χ2v) is 7.46. The van der Waals surface area contributed by atoms with Crippen LogP contribution < -0.4 is 10.6 Å². The molecule has 2 rings (SSSR count). The van der Waals surface area contributed by atoms with Crippen molar-refractivity contribution in [2.75, 3.05) is 26.7 Å². The van der Waals surface area contributed by atoms with Gasteiger partial charge in [0.25, 0.3) is 0 Å². The van der Waals surface area contributed by atoms with Crippen molar-refractivity contribution < 1.29 is 0 Å². The second-order valence-electron chi connectivity index (χ2n) is 7.46. The largest absolute Gasteiger partial charge is 0.319 e. The zero-order chi connectivity index (χ0) is 13.1. The fourth-order valence-electron chi connectivity index (χ4n) is 3.97. The summed E-state index contributed by atoms with van der Waals surface area (Å²) in [7, 11) is 2.09. The maximum Gasteiger partial charge on any atom is 0.00202 e. The Labute approximate surface area is 113 Å². The third kappa shape index (κ3) is 3.27. The summed E-state index contributed by atoms with van der Waals surface area (Å²) in [5.41, 5.74) is 1.06. The first-order chi connectivity index (χ1) is 8.58. The predicted octanol–water partition coefficient (Wildman–Crippen LogP) is 3.18. The molecule has 0 radical (unpaired) electrons. The van der Waals surface area contributed by atoms with Crippen LogP contribution in [-0.4, -0.2) is 26.7 Å². The fourth-order valence-corrected chi connectivity index (χ4v) is 3.97. The van der Waals surface area contributed by atoms with Crippen LogP contribution in [0, 0.1) is 16.7 Å². The Morgan fingerprint density at radius 1 is 1.06 bits per heavy atom. The Morgan fingerprint density at radius 3 is 2.22 bits per heavy atom. The van der Waals surface area contributed by atoms with Gasteiger partial charge < -0.3 is 10.6 Å². The van der Waals surface area contributed by atoms with Gasteiger partial charge in [-0.3, -0.25) is 0 Å². The van der Waals surface area contributed by atoms with Crippen molar-refractivity contribution in [3.05, 3.63) is 0 Å². The number of nitrogens with one attached hydrogen (secondary N) is 2. The lowest BCUT2D eigenvalue weighted by molar-refractivity contribution is 0.117. The highest BCUT2D eigenvalue weighted by Crippen LogP contribution is 2.41. The van der Waals surface area contributed by atoms with Crippen LogP contribution in [0.25, 0.3) is 0 Å². The van der Waals surface area contributed by atoms with Crippen molar-refractivity contribution in [3.63, 3.8) is 0 Å². The first kappa shape index (κ1) is 14.3. The molecule has 2 aliphatic rings. The summed E-state index contributed by atoms with van der Waals surface area (Å²) >= 11 is 0. The minimum atomic E-state index is 0.487. The van der Waals surface area contributed by atoms with E-state index in [2.05, 4.69) is 31.5 Å².